The van der Waals surface area contributed by atoms with Gasteiger partial charge in [0.15, 0.2) is 9.84 Å². The van der Waals surface area contributed by atoms with Crippen LogP contribution in [0.5, 0.6) is 0 Å². The lowest BCUT2D eigenvalue weighted by molar-refractivity contribution is 0.125. The lowest BCUT2D eigenvalue weighted by Crippen LogP contribution is -2.60. The van der Waals surface area contributed by atoms with Crippen molar-refractivity contribution in [3.05, 3.63) is 0 Å². The van der Waals surface area contributed by atoms with Crippen molar-refractivity contribution in [1.29, 1.82) is 5.26 Å². The first-order valence-electron chi connectivity index (χ1n) is 6.06. The number of piperazine rings is 1. The zero-order valence-corrected chi connectivity index (χ0v) is 11.0. The molecule has 0 aromatic rings. The second-order valence-corrected chi connectivity index (χ2v) is 7.21. The predicted molar refractivity (Wildman–Crippen MR) is 65.3 cm³/mol. The predicted octanol–water partition coefficient (Wildman–Crippen LogP) is -0.249. The summed E-state index contributed by atoms with van der Waals surface area (Å²) in [4.78, 5) is 2.07. The van der Waals surface area contributed by atoms with E-state index in [9.17, 15) is 13.7 Å². The molecule has 2 aliphatic rings. The quantitative estimate of drug-likeness (QED) is 0.738. The van der Waals surface area contributed by atoms with Gasteiger partial charge >= 0.3 is 0 Å². The summed E-state index contributed by atoms with van der Waals surface area (Å²) in [7, 11) is -3.16. The van der Waals surface area contributed by atoms with E-state index in [4.69, 9.17) is 0 Å². The normalized spacial score (nSPS) is 35.6. The Morgan fingerprint density at radius 3 is 2.59 bits per heavy atom. The molecule has 2 unspecified atom stereocenters. The molecule has 0 spiro atoms. The zero-order valence-electron chi connectivity index (χ0n) is 10.1. The van der Waals surface area contributed by atoms with Crippen LogP contribution in [0.15, 0.2) is 0 Å². The molecule has 17 heavy (non-hydrogen) atoms. The lowest BCUT2D eigenvalue weighted by Gasteiger charge is -2.41. The maximum absolute atomic E-state index is 11.9. The van der Waals surface area contributed by atoms with Gasteiger partial charge in [-0.3, -0.25) is 4.90 Å². The van der Waals surface area contributed by atoms with Gasteiger partial charge in [-0.15, -0.1) is 0 Å². The Hall–Kier alpha value is -0.640. The number of hydrogen-bond acceptors (Lipinski definition) is 5. The van der Waals surface area contributed by atoms with E-state index in [1.807, 2.05) is 0 Å². The number of nitrogens with zero attached hydrogens (tertiary/aromatic N) is 2. The molecule has 1 aliphatic heterocycles. The van der Waals surface area contributed by atoms with Crippen LogP contribution in [0.1, 0.15) is 19.3 Å². The van der Waals surface area contributed by atoms with E-state index in [1.165, 1.54) is 6.26 Å². The van der Waals surface area contributed by atoms with Crippen LogP contribution in [0.4, 0.5) is 0 Å². The van der Waals surface area contributed by atoms with Gasteiger partial charge in [0.2, 0.25) is 0 Å². The highest BCUT2D eigenvalue weighted by Crippen LogP contribution is 2.39. The van der Waals surface area contributed by atoms with Gasteiger partial charge in [0, 0.05) is 32.4 Å². The fourth-order valence-electron chi connectivity index (χ4n) is 3.15. The Kier molecular flexibility index (Phi) is 3.43. The van der Waals surface area contributed by atoms with Crippen LogP contribution in [0.2, 0.25) is 0 Å². The third-order valence-corrected chi connectivity index (χ3v) is 5.61. The second kappa shape index (κ2) is 4.56. The largest absolute Gasteiger partial charge is 0.314 e. The Balaban J connectivity index is 2.32. The van der Waals surface area contributed by atoms with Crippen molar-refractivity contribution >= 4 is 9.84 Å². The Morgan fingerprint density at radius 2 is 2.06 bits per heavy atom. The molecule has 1 saturated carbocycles. The minimum Gasteiger partial charge on any atom is -0.314 e. The van der Waals surface area contributed by atoms with E-state index >= 15 is 0 Å². The lowest BCUT2D eigenvalue weighted by atomic mass is 9.96. The van der Waals surface area contributed by atoms with Gasteiger partial charge in [0.05, 0.1) is 11.3 Å². The van der Waals surface area contributed by atoms with Crippen molar-refractivity contribution in [3.63, 3.8) is 0 Å². The van der Waals surface area contributed by atoms with Gasteiger partial charge in [-0.05, 0) is 19.3 Å². The third kappa shape index (κ3) is 2.19. The van der Waals surface area contributed by atoms with Gasteiger partial charge in [-0.2, -0.15) is 5.26 Å². The van der Waals surface area contributed by atoms with Crippen molar-refractivity contribution in [3.8, 4) is 6.07 Å². The zero-order chi connectivity index (χ0) is 12.5. The summed E-state index contributed by atoms with van der Waals surface area (Å²) in [5.41, 5.74) is -0.782. The Morgan fingerprint density at radius 1 is 1.41 bits per heavy atom. The molecule has 96 valence electrons. The summed E-state index contributed by atoms with van der Waals surface area (Å²) in [6.45, 7) is 3.19. The number of rotatable bonds is 2. The SMILES string of the molecule is CS(=O)(=O)C1CCCC1(C#N)N1CCNCC1. The average Bonchev–Trinajstić information content (AvgIpc) is 2.75. The number of hydrogen-bond donors (Lipinski definition) is 1. The molecule has 0 aromatic heterocycles. The van der Waals surface area contributed by atoms with Crippen LogP contribution in [0, 0.1) is 11.3 Å². The molecule has 2 atom stereocenters. The molecule has 1 N–H and O–H groups in total. The molecule has 2 rings (SSSR count). The molecule has 1 heterocycles. The topological polar surface area (TPSA) is 73.2 Å². The van der Waals surface area contributed by atoms with E-state index in [1.54, 1.807) is 0 Å². The molecule has 1 saturated heterocycles. The van der Waals surface area contributed by atoms with Crippen molar-refractivity contribution in [1.82, 2.24) is 10.2 Å². The maximum Gasteiger partial charge on any atom is 0.153 e. The van der Waals surface area contributed by atoms with Crippen LogP contribution < -0.4 is 5.32 Å². The van der Waals surface area contributed by atoms with Crippen molar-refractivity contribution in [2.45, 2.75) is 30.1 Å². The molecule has 0 radical (unpaired) electrons. The van der Waals surface area contributed by atoms with Crippen LogP contribution in [-0.4, -0.2) is 56.5 Å². The highest BCUT2D eigenvalue weighted by Gasteiger charge is 2.52. The first-order valence-corrected chi connectivity index (χ1v) is 8.02. The minimum absolute atomic E-state index is 0.516. The standard InChI is InChI=1S/C11H19N3O2S/c1-17(15,16)10-3-2-4-11(10,9-12)14-7-5-13-6-8-14/h10,13H,2-8H2,1H3. The Labute approximate surface area is 103 Å². The summed E-state index contributed by atoms with van der Waals surface area (Å²) in [5.74, 6) is 0. The van der Waals surface area contributed by atoms with Crippen molar-refractivity contribution in [2.75, 3.05) is 32.4 Å². The van der Waals surface area contributed by atoms with E-state index in [-0.39, 0.29) is 0 Å². The van der Waals surface area contributed by atoms with Gasteiger partial charge in [-0.1, -0.05) is 0 Å². The third-order valence-electron chi connectivity index (χ3n) is 3.95. The molecule has 2 fully saturated rings. The smallest absolute Gasteiger partial charge is 0.153 e. The van der Waals surface area contributed by atoms with Gasteiger partial charge in [-0.25, -0.2) is 8.42 Å². The molecular weight excluding hydrogens is 238 g/mol. The minimum atomic E-state index is -3.16. The molecule has 0 bridgehead atoms. The monoisotopic (exact) mass is 257 g/mol. The maximum atomic E-state index is 11.9. The summed E-state index contributed by atoms with van der Waals surface area (Å²) < 4.78 is 23.7. The molecule has 6 heteroatoms. The van der Waals surface area contributed by atoms with Crippen LogP contribution in [0.3, 0.4) is 0 Å². The highest BCUT2D eigenvalue weighted by molar-refractivity contribution is 7.91. The van der Waals surface area contributed by atoms with E-state index < -0.39 is 20.6 Å². The fourth-order valence-corrected chi connectivity index (χ4v) is 4.77. The van der Waals surface area contributed by atoms with Crippen molar-refractivity contribution in [2.24, 2.45) is 0 Å². The van der Waals surface area contributed by atoms with Crippen molar-refractivity contribution < 1.29 is 8.42 Å². The van der Waals surface area contributed by atoms with Crippen LogP contribution >= 0.6 is 0 Å². The number of sulfone groups is 1. The Bertz CT molecular complexity index is 422. The summed E-state index contributed by atoms with van der Waals surface area (Å²) >= 11 is 0. The fraction of sp³-hybridized carbons (Fsp3) is 0.909. The van der Waals surface area contributed by atoms with E-state index in [0.717, 1.165) is 32.6 Å². The summed E-state index contributed by atoms with van der Waals surface area (Å²) in [6.07, 6.45) is 3.39. The number of nitriles is 1. The first-order chi connectivity index (χ1) is 8.00. The highest BCUT2D eigenvalue weighted by atomic mass is 32.2. The molecule has 0 amide bonds. The van der Waals surface area contributed by atoms with E-state index in [2.05, 4.69) is 16.3 Å². The van der Waals surface area contributed by atoms with Gasteiger partial charge < -0.3 is 5.32 Å². The summed E-state index contributed by atoms with van der Waals surface area (Å²) in [5, 5.41) is 12.2. The molecular formula is C11H19N3O2S. The van der Waals surface area contributed by atoms with Crippen LogP contribution in [0.25, 0.3) is 0 Å². The van der Waals surface area contributed by atoms with Gasteiger partial charge in [0.25, 0.3) is 0 Å². The second-order valence-electron chi connectivity index (χ2n) is 4.98. The first kappa shape index (κ1) is 12.8. The molecule has 5 nitrogen and oxygen atoms in total. The molecule has 0 aromatic carbocycles. The number of nitrogens with one attached hydrogen (secondary N) is 1. The van der Waals surface area contributed by atoms with Gasteiger partial charge in [0.1, 0.15) is 5.54 Å². The molecule has 1 aliphatic carbocycles. The average molecular weight is 257 g/mol. The van der Waals surface area contributed by atoms with E-state index in [0.29, 0.717) is 12.8 Å². The van der Waals surface area contributed by atoms with Crippen LogP contribution in [-0.2, 0) is 9.84 Å². The summed E-state index contributed by atoms with van der Waals surface area (Å²) in [6, 6.07) is 2.32.